The number of halogens is 1. The van der Waals surface area contributed by atoms with Crippen LogP contribution in [0.25, 0.3) is 0 Å². The molecule has 2 rings (SSSR count). The van der Waals surface area contributed by atoms with Gasteiger partial charge in [-0.3, -0.25) is 4.79 Å². The third kappa shape index (κ3) is 3.30. The van der Waals surface area contributed by atoms with E-state index in [1.807, 2.05) is 17.5 Å². The molecule has 110 valence electrons. The van der Waals surface area contributed by atoms with Gasteiger partial charge in [0.1, 0.15) is 11.4 Å². The molecule has 1 saturated heterocycles. The summed E-state index contributed by atoms with van der Waals surface area (Å²) in [5, 5.41) is 1.86. The second-order valence-corrected chi connectivity index (χ2v) is 6.68. The van der Waals surface area contributed by atoms with Crippen molar-refractivity contribution in [1.29, 1.82) is 0 Å². The lowest BCUT2D eigenvalue weighted by Gasteiger charge is -2.27. The highest BCUT2D eigenvalue weighted by atomic mass is 35.5. The van der Waals surface area contributed by atoms with E-state index in [-0.39, 0.29) is 29.6 Å². The van der Waals surface area contributed by atoms with Crippen LogP contribution in [0.4, 0.5) is 0 Å². The fraction of sp³-hybridized carbons (Fsp3) is 0.538. The number of nitrogens with zero attached hydrogens (tertiary/aromatic N) is 1. The van der Waals surface area contributed by atoms with Gasteiger partial charge in [-0.05, 0) is 18.4 Å². The summed E-state index contributed by atoms with van der Waals surface area (Å²) in [6.45, 7) is 2.09. The van der Waals surface area contributed by atoms with Crippen molar-refractivity contribution in [2.75, 3.05) is 18.2 Å². The number of alkyl halides is 1. The Morgan fingerprint density at radius 3 is 2.95 bits per heavy atom. The van der Waals surface area contributed by atoms with Crippen molar-refractivity contribution in [1.82, 2.24) is 4.90 Å². The van der Waals surface area contributed by atoms with Crippen molar-refractivity contribution in [3.63, 3.8) is 0 Å². The SMILES string of the molecule is CCOC(=O)C1CSC(c2cccs2)N1C(=O)CCCl. The van der Waals surface area contributed by atoms with E-state index >= 15 is 0 Å². The molecule has 1 fully saturated rings. The summed E-state index contributed by atoms with van der Waals surface area (Å²) in [6.07, 6.45) is 0.236. The minimum Gasteiger partial charge on any atom is -0.464 e. The molecular weight excluding hydrogens is 318 g/mol. The van der Waals surface area contributed by atoms with E-state index in [2.05, 4.69) is 0 Å². The lowest BCUT2D eigenvalue weighted by molar-refractivity contribution is -0.153. The van der Waals surface area contributed by atoms with Gasteiger partial charge in [0.25, 0.3) is 0 Å². The smallest absolute Gasteiger partial charge is 0.329 e. The molecule has 0 aliphatic carbocycles. The average Bonchev–Trinajstić information content (AvgIpc) is 3.08. The van der Waals surface area contributed by atoms with Crippen molar-refractivity contribution < 1.29 is 14.3 Å². The molecule has 0 radical (unpaired) electrons. The number of amides is 1. The van der Waals surface area contributed by atoms with Crippen LogP contribution in [0.15, 0.2) is 17.5 Å². The molecule has 20 heavy (non-hydrogen) atoms. The van der Waals surface area contributed by atoms with E-state index < -0.39 is 6.04 Å². The van der Waals surface area contributed by atoms with Gasteiger partial charge < -0.3 is 9.64 Å². The molecule has 1 amide bonds. The van der Waals surface area contributed by atoms with Gasteiger partial charge in [-0.1, -0.05) is 6.07 Å². The summed E-state index contributed by atoms with van der Waals surface area (Å²) in [4.78, 5) is 27.0. The molecular formula is C13H16ClNO3S2. The van der Waals surface area contributed by atoms with E-state index in [4.69, 9.17) is 16.3 Å². The summed E-state index contributed by atoms with van der Waals surface area (Å²) in [5.41, 5.74) is 0. The Hall–Kier alpha value is -0.720. The molecule has 4 nitrogen and oxygen atoms in total. The Balaban J connectivity index is 2.21. The topological polar surface area (TPSA) is 46.6 Å². The monoisotopic (exact) mass is 333 g/mol. The van der Waals surface area contributed by atoms with Crippen molar-refractivity contribution in [2.45, 2.75) is 24.8 Å². The van der Waals surface area contributed by atoms with Crippen molar-refractivity contribution in [2.24, 2.45) is 0 Å². The molecule has 1 aliphatic rings. The van der Waals surface area contributed by atoms with E-state index in [9.17, 15) is 9.59 Å². The van der Waals surface area contributed by atoms with E-state index in [1.54, 1.807) is 34.9 Å². The van der Waals surface area contributed by atoms with Crippen LogP contribution < -0.4 is 0 Å². The Kier molecular flexibility index (Phi) is 5.74. The minimum absolute atomic E-state index is 0.0959. The number of carbonyl (C=O) groups excluding carboxylic acids is 2. The van der Waals surface area contributed by atoms with Crippen LogP contribution >= 0.6 is 34.7 Å². The van der Waals surface area contributed by atoms with Crippen LogP contribution in [0.3, 0.4) is 0 Å². The number of carbonyl (C=O) groups is 2. The number of hydrogen-bond acceptors (Lipinski definition) is 5. The van der Waals surface area contributed by atoms with Gasteiger partial charge in [0.15, 0.2) is 0 Å². The summed E-state index contributed by atoms with van der Waals surface area (Å²) in [6, 6.07) is 3.42. The molecule has 2 heterocycles. The molecule has 2 atom stereocenters. The first-order chi connectivity index (χ1) is 9.69. The quantitative estimate of drug-likeness (QED) is 0.614. The highest BCUT2D eigenvalue weighted by molar-refractivity contribution is 7.99. The maximum atomic E-state index is 12.3. The predicted octanol–water partition coefficient (Wildman–Crippen LogP) is 2.88. The van der Waals surface area contributed by atoms with Crippen LogP contribution in [-0.4, -0.2) is 41.1 Å². The van der Waals surface area contributed by atoms with E-state index in [0.717, 1.165) is 4.88 Å². The van der Waals surface area contributed by atoms with Crippen LogP contribution in [0.1, 0.15) is 23.6 Å². The van der Waals surface area contributed by atoms with Gasteiger partial charge in [0, 0.05) is 22.9 Å². The number of hydrogen-bond donors (Lipinski definition) is 0. The minimum atomic E-state index is -0.511. The predicted molar refractivity (Wildman–Crippen MR) is 82.1 cm³/mol. The number of rotatable bonds is 5. The molecule has 1 aliphatic heterocycles. The lowest BCUT2D eigenvalue weighted by atomic mass is 10.2. The Morgan fingerprint density at radius 1 is 1.55 bits per heavy atom. The summed E-state index contributed by atoms with van der Waals surface area (Å²) < 4.78 is 5.07. The molecule has 0 spiro atoms. The first-order valence-corrected chi connectivity index (χ1v) is 8.84. The first-order valence-electron chi connectivity index (χ1n) is 6.37. The van der Waals surface area contributed by atoms with Crippen molar-refractivity contribution in [3.05, 3.63) is 22.4 Å². The Morgan fingerprint density at radius 2 is 2.35 bits per heavy atom. The van der Waals surface area contributed by atoms with Gasteiger partial charge in [0.05, 0.1) is 6.61 Å². The molecule has 0 aromatic carbocycles. The Labute approximate surface area is 131 Å². The normalized spacial score (nSPS) is 22.0. The molecule has 1 aromatic heterocycles. The van der Waals surface area contributed by atoms with Gasteiger partial charge >= 0.3 is 5.97 Å². The zero-order valence-corrected chi connectivity index (χ0v) is 13.5. The average molecular weight is 334 g/mol. The van der Waals surface area contributed by atoms with Crippen molar-refractivity contribution in [3.8, 4) is 0 Å². The first kappa shape index (κ1) is 15.7. The fourth-order valence-corrected chi connectivity index (χ4v) is 4.65. The number of thiophene rings is 1. The third-order valence-electron chi connectivity index (χ3n) is 2.94. The highest BCUT2D eigenvalue weighted by Crippen LogP contribution is 2.43. The zero-order valence-electron chi connectivity index (χ0n) is 11.1. The zero-order chi connectivity index (χ0) is 14.5. The van der Waals surface area contributed by atoms with Crippen LogP contribution in [0.2, 0.25) is 0 Å². The molecule has 7 heteroatoms. The summed E-state index contributed by atoms with van der Waals surface area (Å²) in [7, 11) is 0. The standard InChI is InChI=1S/C13H16ClNO3S2/c1-2-18-13(17)9-8-20-12(10-4-3-7-19-10)15(9)11(16)5-6-14/h3-4,7,9,12H,2,5-6,8H2,1H3. The largest absolute Gasteiger partial charge is 0.464 e. The molecule has 0 bridgehead atoms. The summed E-state index contributed by atoms with van der Waals surface area (Å²) in [5.74, 6) is 0.394. The van der Waals surface area contributed by atoms with Gasteiger partial charge in [-0.25, -0.2) is 4.79 Å². The lowest BCUT2D eigenvalue weighted by Crippen LogP contribution is -2.43. The van der Waals surface area contributed by atoms with Gasteiger partial charge in [0.2, 0.25) is 5.91 Å². The third-order valence-corrected chi connectivity index (χ3v) is 5.51. The van der Waals surface area contributed by atoms with Gasteiger partial charge in [-0.15, -0.1) is 34.7 Å². The Bertz CT molecular complexity index is 466. The highest BCUT2D eigenvalue weighted by Gasteiger charge is 2.43. The molecule has 0 N–H and O–H groups in total. The van der Waals surface area contributed by atoms with Crippen molar-refractivity contribution >= 4 is 46.6 Å². The van der Waals surface area contributed by atoms with E-state index in [0.29, 0.717) is 12.4 Å². The van der Waals surface area contributed by atoms with E-state index in [1.165, 1.54) is 0 Å². The molecule has 0 saturated carbocycles. The number of thioether (sulfide) groups is 1. The number of esters is 1. The molecule has 1 aromatic rings. The second-order valence-electron chi connectivity index (χ2n) is 4.21. The number of ether oxygens (including phenoxy) is 1. The van der Waals surface area contributed by atoms with Gasteiger partial charge in [-0.2, -0.15) is 0 Å². The van der Waals surface area contributed by atoms with Crippen LogP contribution in [-0.2, 0) is 14.3 Å². The maximum Gasteiger partial charge on any atom is 0.329 e. The molecule has 2 unspecified atom stereocenters. The van der Waals surface area contributed by atoms with Crippen LogP contribution in [0.5, 0.6) is 0 Å². The second kappa shape index (κ2) is 7.33. The summed E-state index contributed by atoms with van der Waals surface area (Å²) >= 11 is 8.85. The van der Waals surface area contributed by atoms with Crippen LogP contribution in [0, 0.1) is 0 Å². The maximum absolute atomic E-state index is 12.3. The fourth-order valence-electron chi connectivity index (χ4n) is 2.09.